The van der Waals surface area contributed by atoms with Crippen molar-refractivity contribution >= 4 is 27.3 Å². The van der Waals surface area contributed by atoms with Gasteiger partial charge in [-0.3, -0.25) is 4.79 Å². The fourth-order valence-corrected chi connectivity index (χ4v) is 5.06. The number of hydrogen-bond donors (Lipinski definition) is 1. The SMILES string of the molecule is CC(=O)c1cc2cc(-c3ccccc3)ccc2c(-c2cccc3cc(-c4ccccc4)ccc23)c1O. The first-order chi connectivity index (χ1) is 17.6. The number of hydrogen-bond acceptors (Lipinski definition) is 2. The Morgan fingerprint density at radius 1 is 0.556 bits per heavy atom. The lowest BCUT2D eigenvalue weighted by molar-refractivity contribution is 0.101. The average Bonchev–Trinajstić information content (AvgIpc) is 2.93. The Hall–Kier alpha value is -4.69. The van der Waals surface area contributed by atoms with E-state index in [1.54, 1.807) is 0 Å². The van der Waals surface area contributed by atoms with Gasteiger partial charge in [0, 0.05) is 5.56 Å². The minimum atomic E-state index is -0.160. The van der Waals surface area contributed by atoms with Gasteiger partial charge < -0.3 is 5.11 Å². The van der Waals surface area contributed by atoms with E-state index in [9.17, 15) is 9.90 Å². The largest absolute Gasteiger partial charge is 0.507 e. The van der Waals surface area contributed by atoms with E-state index in [0.717, 1.165) is 49.4 Å². The summed E-state index contributed by atoms with van der Waals surface area (Å²) in [4.78, 5) is 12.6. The van der Waals surface area contributed by atoms with Crippen molar-refractivity contribution in [2.75, 3.05) is 0 Å². The molecule has 0 spiro atoms. The van der Waals surface area contributed by atoms with Crippen LogP contribution in [0.25, 0.3) is 54.9 Å². The lowest BCUT2D eigenvalue weighted by Gasteiger charge is -2.16. The lowest BCUT2D eigenvalue weighted by atomic mass is 9.88. The van der Waals surface area contributed by atoms with E-state index in [1.165, 1.54) is 6.92 Å². The van der Waals surface area contributed by atoms with Crippen molar-refractivity contribution in [1.82, 2.24) is 0 Å². The minimum absolute atomic E-state index is 0.0297. The van der Waals surface area contributed by atoms with Crippen LogP contribution in [0.2, 0.25) is 0 Å². The van der Waals surface area contributed by atoms with Gasteiger partial charge in [0.1, 0.15) is 5.75 Å². The highest BCUT2D eigenvalue weighted by molar-refractivity contribution is 6.13. The summed E-state index contributed by atoms with van der Waals surface area (Å²) in [5, 5.41) is 15.3. The molecule has 1 N–H and O–H groups in total. The smallest absolute Gasteiger partial charge is 0.163 e. The van der Waals surface area contributed by atoms with Gasteiger partial charge in [-0.1, -0.05) is 103 Å². The fraction of sp³-hybridized carbons (Fsp3) is 0.0294. The van der Waals surface area contributed by atoms with E-state index in [0.29, 0.717) is 11.1 Å². The van der Waals surface area contributed by atoms with Crippen LogP contribution in [-0.2, 0) is 0 Å². The molecule has 0 bridgehead atoms. The Bertz CT molecular complexity index is 1750. The summed E-state index contributed by atoms with van der Waals surface area (Å²) < 4.78 is 0. The van der Waals surface area contributed by atoms with Gasteiger partial charge in [-0.15, -0.1) is 0 Å². The van der Waals surface area contributed by atoms with E-state index in [1.807, 2.05) is 60.7 Å². The van der Waals surface area contributed by atoms with E-state index >= 15 is 0 Å². The van der Waals surface area contributed by atoms with Crippen LogP contribution in [0.3, 0.4) is 0 Å². The van der Waals surface area contributed by atoms with Crippen LogP contribution in [0.15, 0.2) is 121 Å². The van der Waals surface area contributed by atoms with Crippen LogP contribution in [0.5, 0.6) is 5.75 Å². The highest BCUT2D eigenvalue weighted by Crippen LogP contribution is 2.43. The highest BCUT2D eigenvalue weighted by atomic mass is 16.3. The number of phenols is 1. The molecule has 2 nitrogen and oxygen atoms in total. The first-order valence-corrected chi connectivity index (χ1v) is 12.0. The standard InChI is InChI=1S/C34H24O2/c1-22(35)32-21-28-20-26(24-11-6-3-7-12-24)16-18-30(28)33(34(32)36)31-14-8-13-27-19-25(15-17-29(27)31)23-9-4-2-5-10-23/h2-21,36H,1H3. The number of phenolic OH excluding ortho intramolecular Hbond substituents is 1. The number of rotatable bonds is 4. The molecule has 172 valence electrons. The molecule has 0 amide bonds. The molecule has 0 unspecified atom stereocenters. The number of fused-ring (bicyclic) bond motifs is 2. The quantitative estimate of drug-likeness (QED) is 0.264. The van der Waals surface area contributed by atoms with Crippen LogP contribution in [0, 0.1) is 0 Å². The van der Waals surface area contributed by atoms with Gasteiger partial charge in [-0.05, 0) is 74.5 Å². The van der Waals surface area contributed by atoms with Crippen molar-refractivity contribution in [3.63, 3.8) is 0 Å². The summed E-state index contributed by atoms with van der Waals surface area (Å²) in [6.07, 6.45) is 0. The fourth-order valence-electron chi connectivity index (χ4n) is 5.06. The van der Waals surface area contributed by atoms with Crippen molar-refractivity contribution in [1.29, 1.82) is 0 Å². The van der Waals surface area contributed by atoms with Crippen molar-refractivity contribution in [2.45, 2.75) is 6.92 Å². The molecule has 6 aromatic rings. The van der Waals surface area contributed by atoms with Gasteiger partial charge in [-0.25, -0.2) is 0 Å². The molecule has 2 heteroatoms. The number of carbonyl (C=O) groups is 1. The molecule has 36 heavy (non-hydrogen) atoms. The molecule has 0 saturated carbocycles. The molecular formula is C34H24O2. The Kier molecular flexibility index (Phi) is 5.35. The van der Waals surface area contributed by atoms with Crippen molar-refractivity contribution in [2.24, 2.45) is 0 Å². The molecule has 0 fully saturated rings. The summed E-state index contributed by atoms with van der Waals surface area (Å²) in [6, 6.07) is 41.0. The Morgan fingerprint density at radius 3 is 1.75 bits per heavy atom. The predicted molar refractivity (Wildman–Crippen MR) is 149 cm³/mol. The molecule has 0 atom stereocenters. The predicted octanol–water partition coefficient (Wildman–Crippen LogP) is 8.90. The second-order valence-electron chi connectivity index (χ2n) is 9.11. The molecule has 6 rings (SSSR count). The zero-order chi connectivity index (χ0) is 24.6. The molecule has 0 aliphatic heterocycles. The first kappa shape index (κ1) is 21.8. The number of Topliss-reactive ketones (excluding diaryl/α,β-unsaturated/α-hetero) is 1. The maximum absolute atomic E-state index is 12.6. The summed E-state index contributed by atoms with van der Waals surface area (Å²) >= 11 is 0. The molecule has 0 aromatic heterocycles. The van der Waals surface area contributed by atoms with Crippen LogP contribution < -0.4 is 0 Å². The Morgan fingerprint density at radius 2 is 1.14 bits per heavy atom. The third-order valence-corrected chi connectivity index (χ3v) is 6.86. The number of benzene rings is 6. The lowest BCUT2D eigenvalue weighted by Crippen LogP contribution is -1.96. The maximum atomic E-state index is 12.6. The summed E-state index contributed by atoms with van der Waals surface area (Å²) in [5.74, 6) is -0.130. The second kappa shape index (κ2) is 8.83. The Balaban J connectivity index is 1.61. The first-order valence-electron chi connectivity index (χ1n) is 12.0. The molecule has 0 saturated heterocycles. The van der Waals surface area contributed by atoms with Gasteiger partial charge >= 0.3 is 0 Å². The highest BCUT2D eigenvalue weighted by Gasteiger charge is 2.19. The average molecular weight is 465 g/mol. The summed E-state index contributed by atoms with van der Waals surface area (Å²) in [6.45, 7) is 1.50. The molecule has 0 aliphatic carbocycles. The molecule has 0 radical (unpaired) electrons. The third-order valence-electron chi connectivity index (χ3n) is 6.86. The van der Waals surface area contributed by atoms with Crippen LogP contribution in [-0.4, -0.2) is 10.9 Å². The van der Waals surface area contributed by atoms with E-state index < -0.39 is 0 Å². The van der Waals surface area contributed by atoms with E-state index in [-0.39, 0.29) is 11.5 Å². The summed E-state index contributed by atoms with van der Waals surface area (Å²) in [7, 11) is 0. The number of carbonyl (C=O) groups excluding carboxylic acids is 1. The van der Waals surface area contributed by atoms with Crippen LogP contribution in [0.4, 0.5) is 0 Å². The van der Waals surface area contributed by atoms with Crippen molar-refractivity contribution in [3.8, 4) is 39.1 Å². The zero-order valence-corrected chi connectivity index (χ0v) is 19.9. The Labute approximate surface area is 210 Å². The molecule has 0 heterocycles. The zero-order valence-electron chi connectivity index (χ0n) is 19.9. The summed E-state index contributed by atoms with van der Waals surface area (Å²) in [5.41, 5.74) is 6.40. The van der Waals surface area contributed by atoms with Gasteiger partial charge in [0.25, 0.3) is 0 Å². The maximum Gasteiger partial charge on any atom is 0.163 e. The van der Waals surface area contributed by atoms with Crippen LogP contribution in [0.1, 0.15) is 17.3 Å². The van der Waals surface area contributed by atoms with Crippen LogP contribution >= 0.6 is 0 Å². The van der Waals surface area contributed by atoms with E-state index in [2.05, 4.69) is 60.7 Å². The topological polar surface area (TPSA) is 37.3 Å². The second-order valence-corrected chi connectivity index (χ2v) is 9.11. The third kappa shape index (κ3) is 3.73. The monoisotopic (exact) mass is 464 g/mol. The molecular weight excluding hydrogens is 440 g/mol. The van der Waals surface area contributed by atoms with Gasteiger partial charge in [-0.2, -0.15) is 0 Å². The number of aromatic hydroxyl groups is 1. The van der Waals surface area contributed by atoms with Gasteiger partial charge in [0.05, 0.1) is 5.56 Å². The van der Waals surface area contributed by atoms with Gasteiger partial charge in [0.15, 0.2) is 5.78 Å². The molecule has 0 aliphatic rings. The minimum Gasteiger partial charge on any atom is -0.507 e. The van der Waals surface area contributed by atoms with Crippen molar-refractivity contribution < 1.29 is 9.90 Å². The number of ketones is 1. The van der Waals surface area contributed by atoms with Crippen molar-refractivity contribution in [3.05, 3.63) is 127 Å². The normalized spacial score (nSPS) is 11.1. The van der Waals surface area contributed by atoms with Gasteiger partial charge in [0.2, 0.25) is 0 Å². The molecule has 6 aromatic carbocycles. The van der Waals surface area contributed by atoms with E-state index in [4.69, 9.17) is 0 Å².